The number of aromatic carboxylic acids is 1. The van der Waals surface area contributed by atoms with E-state index in [0.717, 1.165) is 0 Å². The van der Waals surface area contributed by atoms with Crippen molar-refractivity contribution in [2.45, 2.75) is 13.8 Å². The minimum atomic E-state index is -1.07. The van der Waals surface area contributed by atoms with Crippen LogP contribution in [0.1, 0.15) is 31.8 Å². The van der Waals surface area contributed by atoms with E-state index < -0.39 is 5.97 Å². The standard InChI is InChI=1S/C14H20N2O3/c1-9-5-6-10(2)12(14(18)19)11(9)13(17)15-7-8-16(3)4/h5-6H,7-8H2,1-4H3,(H,15,17)(H,18,19). The molecule has 0 saturated carbocycles. The number of amides is 1. The molecule has 0 radical (unpaired) electrons. The van der Waals surface area contributed by atoms with Crippen molar-refractivity contribution < 1.29 is 14.7 Å². The smallest absolute Gasteiger partial charge is 0.336 e. The van der Waals surface area contributed by atoms with Crippen LogP contribution < -0.4 is 5.32 Å². The number of aryl methyl sites for hydroxylation is 2. The van der Waals surface area contributed by atoms with E-state index >= 15 is 0 Å². The second-order valence-electron chi connectivity index (χ2n) is 4.81. The summed E-state index contributed by atoms with van der Waals surface area (Å²) in [4.78, 5) is 25.4. The van der Waals surface area contributed by atoms with Crippen LogP contribution in [0.5, 0.6) is 0 Å². The number of rotatable bonds is 5. The highest BCUT2D eigenvalue weighted by Crippen LogP contribution is 2.18. The fraction of sp³-hybridized carbons (Fsp3) is 0.429. The first-order valence-electron chi connectivity index (χ1n) is 6.11. The lowest BCUT2D eigenvalue weighted by molar-refractivity contribution is 0.0690. The molecule has 5 nitrogen and oxygen atoms in total. The van der Waals surface area contributed by atoms with Crippen LogP contribution in [0.25, 0.3) is 0 Å². The van der Waals surface area contributed by atoms with E-state index in [4.69, 9.17) is 0 Å². The van der Waals surface area contributed by atoms with Crippen molar-refractivity contribution in [2.24, 2.45) is 0 Å². The maximum Gasteiger partial charge on any atom is 0.336 e. The number of hydrogen-bond donors (Lipinski definition) is 2. The van der Waals surface area contributed by atoms with Crippen LogP contribution in [0.4, 0.5) is 0 Å². The van der Waals surface area contributed by atoms with Crippen molar-refractivity contribution in [1.82, 2.24) is 10.2 Å². The van der Waals surface area contributed by atoms with Gasteiger partial charge in [0.25, 0.3) is 5.91 Å². The van der Waals surface area contributed by atoms with E-state index in [9.17, 15) is 14.7 Å². The topological polar surface area (TPSA) is 69.6 Å². The number of carboxylic acid groups (broad SMARTS) is 1. The van der Waals surface area contributed by atoms with Gasteiger partial charge in [0.15, 0.2) is 0 Å². The summed E-state index contributed by atoms with van der Waals surface area (Å²) in [6.07, 6.45) is 0. The molecule has 0 aliphatic carbocycles. The molecule has 0 aliphatic heterocycles. The number of carbonyl (C=O) groups excluding carboxylic acids is 1. The Hall–Kier alpha value is -1.88. The van der Waals surface area contributed by atoms with Crippen LogP contribution in [-0.2, 0) is 0 Å². The third-order valence-corrected chi connectivity index (χ3v) is 2.91. The van der Waals surface area contributed by atoms with E-state index in [0.29, 0.717) is 24.2 Å². The third kappa shape index (κ3) is 3.79. The third-order valence-electron chi connectivity index (χ3n) is 2.91. The van der Waals surface area contributed by atoms with Crippen molar-refractivity contribution in [3.63, 3.8) is 0 Å². The number of likely N-dealkylation sites (N-methyl/N-ethyl adjacent to an activating group) is 1. The molecule has 0 atom stereocenters. The first-order chi connectivity index (χ1) is 8.84. The maximum atomic E-state index is 12.1. The first-order valence-corrected chi connectivity index (χ1v) is 6.11. The Bertz CT molecular complexity index is 496. The number of hydrogen-bond acceptors (Lipinski definition) is 3. The van der Waals surface area contributed by atoms with Crippen LogP contribution in [0.15, 0.2) is 12.1 Å². The lowest BCUT2D eigenvalue weighted by Gasteiger charge is -2.14. The van der Waals surface area contributed by atoms with Crippen LogP contribution in [0.2, 0.25) is 0 Å². The van der Waals surface area contributed by atoms with Crippen molar-refractivity contribution in [1.29, 1.82) is 0 Å². The Kier molecular flexibility index (Phi) is 5.06. The molecular formula is C14H20N2O3. The maximum absolute atomic E-state index is 12.1. The number of carboxylic acids is 1. The van der Waals surface area contributed by atoms with Crippen LogP contribution in [0, 0.1) is 13.8 Å². The molecule has 2 N–H and O–H groups in total. The summed E-state index contributed by atoms with van der Waals surface area (Å²) in [5, 5.41) is 12.0. The van der Waals surface area contributed by atoms with Gasteiger partial charge in [-0.05, 0) is 39.1 Å². The Morgan fingerprint density at radius 1 is 1.16 bits per heavy atom. The highest BCUT2D eigenvalue weighted by atomic mass is 16.4. The van der Waals surface area contributed by atoms with E-state index in [-0.39, 0.29) is 17.0 Å². The Labute approximate surface area is 113 Å². The van der Waals surface area contributed by atoms with Crippen molar-refractivity contribution >= 4 is 11.9 Å². The minimum Gasteiger partial charge on any atom is -0.478 e. The SMILES string of the molecule is Cc1ccc(C)c(C(=O)NCCN(C)C)c1C(=O)O. The summed E-state index contributed by atoms with van der Waals surface area (Å²) in [6.45, 7) is 4.63. The normalized spacial score (nSPS) is 10.6. The largest absolute Gasteiger partial charge is 0.478 e. The average Bonchev–Trinajstić information content (AvgIpc) is 2.30. The Morgan fingerprint density at radius 2 is 1.68 bits per heavy atom. The molecule has 0 aromatic heterocycles. The molecule has 0 unspecified atom stereocenters. The van der Waals surface area contributed by atoms with Crippen LogP contribution in [-0.4, -0.2) is 49.1 Å². The lowest BCUT2D eigenvalue weighted by atomic mass is 9.96. The van der Waals surface area contributed by atoms with Crippen LogP contribution >= 0.6 is 0 Å². The molecule has 0 heterocycles. The molecule has 19 heavy (non-hydrogen) atoms. The summed E-state index contributed by atoms with van der Waals surface area (Å²) < 4.78 is 0. The summed E-state index contributed by atoms with van der Waals surface area (Å²) in [5.41, 5.74) is 1.61. The van der Waals surface area contributed by atoms with Gasteiger partial charge >= 0.3 is 5.97 Å². The van der Waals surface area contributed by atoms with E-state index in [1.54, 1.807) is 26.0 Å². The molecular weight excluding hydrogens is 244 g/mol. The quantitative estimate of drug-likeness (QED) is 0.841. The zero-order valence-corrected chi connectivity index (χ0v) is 11.8. The molecule has 1 aromatic carbocycles. The molecule has 0 aliphatic rings. The minimum absolute atomic E-state index is 0.0855. The van der Waals surface area contributed by atoms with Crippen molar-refractivity contribution in [3.05, 3.63) is 34.4 Å². The second kappa shape index (κ2) is 6.33. The average molecular weight is 264 g/mol. The lowest BCUT2D eigenvalue weighted by Crippen LogP contribution is -2.32. The molecule has 1 aromatic rings. The van der Waals surface area contributed by atoms with Gasteiger partial charge in [-0.2, -0.15) is 0 Å². The van der Waals surface area contributed by atoms with Gasteiger partial charge in [0.1, 0.15) is 0 Å². The predicted molar refractivity (Wildman–Crippen MR) is 73.8 cm³/mol. The fourth-order valence-corrected chi connectivity index (χ4v) is 1.86. The molecule has 1 amide bonds. The van der Waals surface area contributed by atoms with Gasteiger partial charge in [0.2, 0.25) is 0 Å². The molecule has 0 spiro atoms. The number of nitrogens with one attached hydrogen (secondary N) is 1. The fourth-order valence-electron chi connectivity index (χ4n) is 1.86. The summed E-state index contributed by atoms with van der Waals surface area (Å²) in [5.74, 6) is -1.40. The highest BCUT2D eigenvalue weighted by molar-refractivity contribution is 6.06. The summed E-state index contributed by atoms with van der Waals surface area (Å²) in [7, 11) is 3.82. The Balaban J connectivity index is 3.02. The molecule has 0 saturated heterocycles. The zero-order valence-electron chi connectivity index (χ0n) is 11.8. The number of benzene rings is 1. The molecule has 5 heteroatoms. The van der Waals surface area contributed by atoms with Gasteiger partial charge in [0, 0.05) is 13.1 Å². The monoisotopic (exact) mass is 264 g/mol. The van der Waals surface area contributed by atoms with Gasteiger partial charge in [-0.1, -0.05) is 12.1 Å². The predicted octanol–water partition coefficient (Wildman–Crippen LogP) is 1.29. The van der Waals surface area contributed by atoms with Gasteiger partial charge in [-0.25, -0.2) is 4.79 Å². The molecule has 104 valence electrons. The van der Waals surface area contributed by atoms with E-state index in [1.807, 2.05) is 19.0 Å². The second-order valence-corrected chi connectivity index (χ2v) is 4.81. The highest BCUT2D eigenvalue weighted by Gasteiger charge is 2.20. The number of carbonyl (C=O) groups is 2. The molecule has 1 rings (SSSR count). The van der Waals surface area contributed by atoms with E-state index in [2.05, 4.69) is 5.32 Å². The van der Waals surface area contributed by atoms with Gasteiger partial charge < -0.3 is 15.3 Å². The van der Waals surface area contributed by atoms with Gasteiger partial charge in [0.05, 0.1) is 11.1 Å². The van der Waals surface area contributed by atoms with Gasteiger partial charge in [-0.15, -0.1) is 0 Å². The van der Waals surface area contributed by atoms with Crippen molar-refractivity contribution in [3.8, 4) is 0 Å². The summed E-state index contributed by atoms with van der Waals surface area (Å²) in [6, 6.07) is 3.48. The Morgan fingerprint density at radius 3 is 2.16 bits per heavy atom. The first kappa shape index (κ1) is 15.2. The van der Waals surface area contributed by atoms with Crippen LogP contribution in [0.3, 0.4) is 0 Å². The van der Waals surface area contributed by atoms with E-state index in [1.165, 1.54) is 0 Å². The van der Waals surface area contributed by atoms with Crippen molar-refractivity contribution in [2.75, 3.05) is 27.2 Å². The molecule has 0 fully saturated rings. The summed E-state index contributed by atoms with van der Waals surface area (Å²) >= 11 is 0. The molecule has 0 bridgehead atoms. The van der Waals surface area contributed by atoms with Gasteiger partial charge in [-0.3, -0.25) is 4.79 Å². The number of nitrogens with zero attached hydrogens (tertiary/aromatic N) is 1. The zero-order chi connectivity index (χ0) is 14.6.